The lowest BCUT2D eigenvalue weighted by molar-refractivity contribution is -0.438. The van der Waals surface area contributed by atoms with Crippen LogP contribution in [0.25, 0.3) is 21.5 Å². The van der Waals surface area contributed by atoms with Crippen LogP contribution < -0.4 is 10.2 Å². The maximum atomic E-state index is 12.9. The fraction of sp³-hybridized carbons (Fsp3) is 0.447. The Bertz CT molecular complexity index is 3210. The first-order chi connectivity index (χ1) is 31.0. The molecule has 0 radical (unpaired) electrons. The second-order valence-electron chi connectivity index (χ2n) is 18.4. The van der Waals surface area contributed by atoms with Crippen molar-refractivity contribution in [3.05, 3.63) is 94.7 Å². The highest BCUT2D eigenvalue weighted by Crippen LogP contribution is 2.54. The van der Waals surface area contributed by atoms with Crippen LogP contribution in [0.15, 0.2) is 82.2 Å². The van der Waals surface area contributed by atoms with Gasteiger partial charge in [-0.25, -0.2) is 0 Å². The van der Waals surface area contributed by atoms with Crippen molar-refractivity contribution in [2.24, 2.45) is 0 Å². The van der Waals surface area contributed by atoms with Crippen LogP contribution in [0.4, 0.5) is 11.4 Å². The van der Waals surface area contributed by atoms with Gasteiger partial charge in [0, 0.05) is 65.8 Å². The Balaban J connectivity index is 1.53. The lowest BCUT2D eigenvalue weighted by atomic mass is 9.75. The van der Waals surface area contributed by atoms with E-state index in [2.05, 4.69) is 19.2 Å². The van der Waals surface area contributed by atoms with Gasteiger partial charge in [-0.3, -0.25) is 23.0 Å². The first kappa shape index (κ1) is 51.8. The van der Waals surface area contributed by atoms with Gasteiger partial charge in [-0.15, -0.1) is 0 Å². The molecule has 4 aromatic carbocycles. The highest BCUT2D eigenvalue weighted by atomic mass is 32.2. The number of aryl methyl sites for hydroxylation is 2. The molecule has 0 aliphatic carbocycles. The number of rotatable bonds is 19. The van der Waals surface area contributed by atoms with Gasteiger partial charge < -0.3 is 10.2 Å². The monoisotopic (exact) mass is 1000 g/mol. The largest absolute Gasteiger partial charge is 0.355 e. The summed E-state index contributed by atoms with van der Waals surface area (Å²) in [5.41, 5.74) is 4.22. The maximum absolute atomic E-state index is 12.9. The van der Waals surface area contributed by atoms with Gasteiger partial charge in [0.2, 0.25) is 11.6 Å². The molecular formula is C47H60N3O13S4+. The molecule has 5 N–H and O–H groups in total. The van der Waals surface area contributed by atoms with Crippen LogP contribution in [-0.4, -0.2) is 98.7 Å². The zero-order valence-electron chi connectivity index (χ0n) is 38.7. The molecule has 67 heavy (non-hydrogen) atoms. The normalized spacial score (nSPS) is 18.7. The second kappa shape index (κ2) is 19.1. The summed E-state index contributed by atoms with van der Waals surface area (Å²) in [5.74, 6) is -0.927. The minimum Gasteiger partial charge on any atom is -0.355 e. The predicted octanol–water partition coefficient (Wildman–Crippen LogP) is 7.73. The molecule has 20 heteroatoms. The third-order valence-electron chi connectivity index (χ3n) is 13.1. The molecule has 0 spiro atoms. The number of nitrogens with one attached hydrogen (secondary N) is 1. The number of unbranched alkanes of at least 4 members (excludes halogenated alkanes) is 2. The Kier molecular flexibility index (Phi) is 14.8. The fourth-order valence-corrected chi connectivity index (χ4v) is 12.0. The summed E-state index contributed by atoms with van der Waals surface area (Å²) in [4.78, 5) is 14.4. The third kappa shape index (κ3) is 10.9. The Morgan fingerprint density at radius 3 is 2.10 bits per heavy atom. The molecule has 2 aliphatic rings. The Morgan fingerprint density at radius 2 is 1.48 bits per heavy atom. The van der Waals surface area contributed by atoms with Gasteiger partial charge in [0.25, 0.3) is 40.5 Å². The summed E-state index contributed by atoms with van der Waals surface area (Å²) < 4.78 is 139. The molecule has 364 valence electrons. The molecule has 0 saturated carbocycles. The van der Waals surface area contributed by atoms with E-state index in [1.165, 1.54) is 25.1 Å². The zero-order chi connectivity index (χ0) is 49.7. The maximum Gasteiger partial charge on any atom is 0.295 e. The van der Waals surface area contributed by atoms with Crippen molar-refractivity contribution in [3.63, 3.8) is 0 Å². The SMILES string of the molecule is CCCCCC1(C)C(=CC=CC2=[N+](CCCC(=O)NCC(C)S(=O)(=O)O)c3ccc4c(C)cc(S(=O)(=O)O)cc4c3C2(C)C)N(CCCS(=O)(=O)O)c2ccc3c(S(=O)(=O)O)cc(C)cc3c21. The summed E-state index contributed by atoms with van der Waals surface area (Å²) in [6.07, 6.45) is 9.31. The second-order valence-corrected chi connectivity index (χ2v) is 24.7. The average Bonchev–Trinajstić information content (AvgIpc) is 3.57. The average molecular weight is 1000 g/mol. The summed E-state index contributed by atoms with van der Waals surface area (Å²) in [6.45, 7) is 13.1. The van der Waals surface area contributed by atoms with Crippen LogP contribution in [-0.2, 0) is 56.1 Å². The first-order valence-corrected chi connectivity index (χ1v) is 28.1. The van der Waals surface area contributed by atoms with Gasteiger partial charge in [0.1, 0.15) is 16.7 Å². The quantitative estimate of drug-likeness (QED) is 0.0343. The number of allylic oxidation sites excluding steroid dienone is 4. The lowest BCUT2D eigenvalue weighted by Gasteiger charge is -2.31. The Morgan fingerprint density at radius 1 is 0.806 bits per heavy atom. The molecule has 0 saturated heterocycles. The fourth-order valence-electron chi connectivity index (χ4n) is 9.82. The molecule has 2 atom stereocenters. The number of nitrogens with zero attached hydrogens (tertiary/aromatic N) is 2. The number of hydrogen-bond donors (Lipinski definition) is 5. The molecule has 1 amide bonds. The smallest absolute Gasteiger partial charge is 0.295 e. The number of anilines is 1. The molecule has 2 heterocycles. The van der Waals surface area contributed by atoms with Crippen LogP contribution in [0.5, 0.6) is 0 Å². The van der Waals surface area contributed by atoms with Gasteiger partial charge in [-0.1, -0.05) is 44.4 Å². The van der Waals surface area contributed by atoms with E-state index in [-0.39, 0.29) is 35.7 Å². The molecule has 0 aromatic heterocycles. The van der Waals surface area contributed by atoms with E-state index in [9.17, 15) is 56.7 Å². The number of benzene rings is 4. The van der Waals surface area contributed by atoms with Gasteiger partial charge >= 0.3 is 0 Å². The summed E-state index contributed by atoms with van der Waals surface area (Å²) in [7, 11) is -17.9. The van der Waals surface area contributed by atoms with E-state index in [0.29, 0.717) is 46.7 Å². The molecule has 2 aliphatic heterocycles. The molecular weight excluding hydrogens is 943 g/mol. The van der Waals surface area contributed by atoms with Gasteiger partial charge in [-0.2, -0.15) is 38.2 Å². The van der Waals surface area contributed by atoms with Gasteiger partial charge in [0.15, 0.2) is 5.71 Å². The molecule has 0 fully saturated rings. The number of carbonyl (C=O) groups excluding carboxylic acids is 1. The predicted molar refractivity (Wildman–Crippen MR) is 260 cm³/mol. The van der Waals surface area contributed by atoms with Crippen molar-refractivity contribution in [1.29, 1.82) is 0 Å². The molecule has 2 unspecified atom stereocenters. The van der Waals surface area contributed by atoms with Crippen LogP contribution in [0, 0.1) is 13.8 Å². The molecule has 16 nitrogen and oxygen atoms in total. The van der Waals surface area contributed by atoms with E-state index in [1.54, 1.807) is 26.0 Å². The van der Waals surface area contributed by atoms with Crippen molar-refractivity contribution in [2.45, 2.75) is 119 Å². The first-order valence-electron chi connectivity index (χ1n) is 22.1. The zero-order valence-corrected chi connectivity index (χ0v) is 42.0. The standard InChI is InChI=1S/C47H59N3O13S4/c1-8-9-10-21-47(7)42(50(23-13-24-64(52,53)54)39-20-18-35-36(45(39)47)25-30(2)26-40(35)67(61,62)63)15-11-14-41-46(5,6)44-37-28-33(66(58,59)60)27-31(3)34(37)17-19-38(44)49(41)22-12-16-43(51)48-29-32(4)65(55,56)57/h11,14-15,17-20,25-28,32H,8-10,12-13,16,21-24,29H2,1-7H3,(H4-,48,51,52,53,54,55,56,57,58,59,60,61,62,63)/p+1. The topological polar surface area (TPSA) is 253 Å². The number of carbonyl (C=O) groups is 1. The summed E-state index contributed by atoms with van der Waals surface area (Å²) >= 11 is 0. The van der Waals surface area contributed by atoms with E-state index < -0.39 is 68.2 Å². The van der Waals surface area contributed by atoms with Crippen molar-refractivity contribution < 1.29 is 61.3 Å². The van der Waals surface area contributed by atoms with Crippen LogP contribution in [0.1, 0.15) is 102 Å². The summed E-state index contributed by atoms with van der Waals surface area (Å²) in [5, 5.41) is 3.68. The summed E-state index contributed by atoms with van der Waals surface area (Å²) in [6, 6.07) is 13.4. The van der Waals surface area contributed by atoms with E-state index >= 15 is 0 Å². The lowest BCUT2D eigenvalue weighted by Crippen LogP contribution is -2.35. The highest BCUT2D eigenvalue weighted by Gasteiger charge is 2.47. The highest BCUT2D eigenvalue weighted by molar-refractivity contribution is 7.86. The minimum absolute atomic E-state index is 0.00468. The third-order valence-corrected chi connectivity index (χ3v) is 16.8. The molecule has 4 aromatic rings. The van der Waals surface area contributed by atoms with Crippen molar-refractivity contribution in [1.82, 2.24) is 5.32 Å². The van der Waals surface area contributed by atoms with Crippen molar-refractivity contribution in [3.8, 4) is 0 Å². The van der Waals surface area contributed by atoms with Crippen LogP contribution in [0.2, 0.25) is 0 Å². The van der Waals surface area contributed by atoms with E-state index in [1.807, 2.05) is 59.8 Å². The van der Waals surface area contributed by atoms with Crippen molar-refractivity contribution >= 4 is 85.0 Å². The minimum atomic E-state index is -4.63. The van der Waals surface area contributed by atoms with Crippen LogP contribution >= 0.6 is 0 Å². The van der Waals surface area contributed by atoms with E-state index in [0.717, 1.165) is 58.6 Å². The van der Waals surface area contributed by atoms with Gasteiger partial charge in [-0.05, 0) is 124 Å². The number of amides is 1. The Hall–Kier alpha value is -4.54. The number of fused-ring (bicyclic) bond motifs is 6. The molecule has 6 rings (SSSR count). The Labute approximate surface area is 393 Å². The van der Waals surface area contributed by atoms with E-state index in [4.69, 9.17) is 0 Å². The number of hydrogen-bond acceptors (Lipinski definition) is 10. The van der Waals surface area contributed by atoms with Crippen molar-refractivity contribution in [2.75, 3.05) is 30.3 Å². The van der Waals surface area contributed by atoms with Crippen LogP contribution in [0.3, 0.4) is 0 Å². The molecule has 0 bridgehead atoms. The van der Waals surface area contributed by atoms with Gasteiger partial charge in [0.05, 0.1) is 16.1 Å².